The number of hydrogen-bond acceptors (Lipinski definition) is 3. The van der Waals surface area contributed by atoms with E-state index < -0.39 is 0 Å². The Bertz CT molecular complexity index is 271. The van der Waals surface area contributed by atoms with E-state index in [4.69, 9.17) is 5.73 Å². The van der Waals surface area contributed by atoms with Gasteiger partial charge in [0.2, 0.25) is 0 Å². The highest BCUT2D eigenvalue weighted by molar-refractivity contribution is 7.99. The van der Waals surface area contributed by atoms with Crippen LogP contribution in [0.3, 0.4) is 0 Å². The molecular weight excluding hydrogens is 204 g/mol. The van der Waals surface area contributed by atoms with Gasteiger partial charge in [0, 0.05) is 30.3 Å². The molecule has 0 aliphatic carbocycles. The van der Waals surface area contributed by atoms with Crippen LogP contribution in [0.5, 0.6) is 0 Å². The SMILES string of the molecule is Cc1ccc(SCCN(C)CCN)cc1. The van der Waals surface area contributed by atoms with Crippen LogP contribution in [-0.2, 0) is 0 Å². The summed E-state index contributed by atoms with van der Waals surface area (Å²) in [6.07, 6.45) is 0. The minimum atomic E-state index is 0.742. The zero-order chi connectivity index (χ0) is 11.1. The second kappa shape index (κ2) is 6.88. The lowest BCUT2D eigenvalue weighted by atomic mass is 10.2. The van der Waals surface area contributed by atoms with Gasteiger partial charge in [-0.3, -0.25) is 0 Å². The Morgan fingerprint density at radius 1 is 1.20 bits per heavy atom. The standard InChI is InChI=1S/C12H20N2S/c1-11-3-5-12(6-4-11)15-10-9-14(2)8-7-13/h3-6H,7-10,13H2,1-2H3. The molecule has 1 rings (SSSR count). The summed E-state index contributed by atoms with van der Waals surface area (Å²) in [4.78, 5) is 3.61. The Morgan fingerprint density at radius 3 is 2.47 bits per heavy atom. The molecule has 1 aromatic carbocycles. The van der Waals surface area contributed by atoms with Crippen LogP contribution >= 0.6 is 11.8 Å². The molecule has 0 amide bonds. The zero-order valence-electron chi connectivity index (χ0n) is 9.57. The smallest absolute Gasteiger partial charge is 0.0108 e. The lowest BCUT2D eigenvalue weighted by molar-refractivity contribution is 0.366. The molecular formula is C12H20N2S. The van der Waals surface area contributed by atoms with E-state index in [1.165, 1.54) is 10.5 Å². The van der Waals surface area contributed by atoms with Crippen LogP contribution in [0.25, 0.3) is 0 Å². The molecule has 15 heavy (non-hydrogen) atoms. The topological polar surface area (TPSA) is 29.3 Å². The van der Waals surface area contributed by atoms with Gasteiger partial charge in [-0.2, -0.15) is 0 Å². The van der Waals surface area contributed by atoms with Gasteiger partial charge in [-0.15, -0.1) is 11.8 Å². The van der Waals surface area contributed by atoms with Gasteiger partial charge < -0.3 is 10.6 Å². The second-order valence-corrected chi connectivity index (χ2v) is 4.92. The lowest BCUT2D eigenvalue weighted by Gasteiger charge is -2.14. The molecule has 3 heteroatoms. The molecule has 0 heterocycles. The van der Waals surface area contributed by atoms with Gasteiger partial charge in [-0.05, 0) is 26.1 Å². The van der Waals surface area contributed by atoms with Crippen molar-refractivity contribution < 1.29 is 0 Å². The van der Waals surface area contributed by atoms with E-state index in [1.54, 1.807) is 0 Å². The summed E-state index contributed by atoms with van der Waals surface area (Å²) in [6.45, 7) is 4.93. The van der Waals surface area contributed by atoms with Crippen LogP contribution in [0.4, 0.5) is 0 Å². The number of nitrogens with two attached hydrogens (primary N) is 1. The van der Waals surface area contributed by atoms with Crippen LogP contribution in [0, 0.1) is 6.92 Å². The monoisotopic (exact) mass is 224 g/mol. The van der Waals surface area contributed by atoms with Crippen molar-refractivity contribution in [3.05, 3.63) is 29.8 Å². The van der Waals surface area contributed by atoms with E-state index in [0.29, 0.717) is 0 Å². The summed E-state index contributed by atoms with van der Waals surface area (Å²) in [5.41, 5.74) is 6.80. The molecule has 0 unspecified atom stereocenters. The van der Waals surface area contributed by atoms with Crippen molar-refractivity contribution in [2.75, 3.05) is 32.4 Å². The van der Waals surface area contributed by atoms with Crippen molar-refractivity contribution in [1.82, 2.24) is 4.90 Å². The van der Waals surface area contributed by atoms with Gasteiger partial charge in [0.1, 0.15) is 0 Å². The van der Waals surface area contributed by atoms with E-state index in [9.17, 15) is 0 Å². The van der Waals surface area contributed by atoms with E-state index in [-0.39, 0.29) is 0 Å². The molecule has 84 valence electrons. The van der Waals surface area contributed by atoms with E-state index in [2.05, 4.69) is 43.1 Å². The Kier molecular flexibility index (Phi) is 5.76. The predicted octanol–water partition coefficient (Wildman–Crippen LogP) is 1.98. The normalized spacial score (nSPS) is 10.9. The molecule has 1 aromatic rings. The van der Waals surface area contributed by atoms with E-state index >= 15 is 0 Å². The minimum Gasteiger partial charge on any atom is -0.329 e. The Labute approximate surface area is 96.8 Å². The fraction of sp³-hybridized carbons (Fsp3) is 0.500. The number of rotatable bonds is 6. The van der Waals surface area contributed by atoms with Gasteiger partial charge in [0.15, 0.2) is 0 Å². The molecule has 0 fully saturated rings. The summed E-state index contributed by atoms with van der Waals surface area (Å²) in [5, 5.41) is 0. The van der Waals surface area contributed by atoms with Crippen LogP contribution in [0.2, 0.25) is 0 Å². The highest BCUT2D eigenvalue weighted by Crippen LogP contribution is 2.17. The maximum absolute atomic E-state index is 5.48. The zero-order valence-corrected chi connectivity index (χ0v) is 10.4. The Hall–Kier alpha value is -0.510. The molecule has 0 radical (unpaired) electrons. The lowest BCUT2D eigenvalue weighted by Crippen LogP contribution is -2.27. The first kappa shape index (κ1) is 12.6. The van der Waals surface area contributed by atoms with E-state index in [0.717, 1.165) is 25.4 Å². The van der Waals surface area contributed by atoms with Crippen molar-refractivity contribution in [3.63, 3.8) is 0 Å². The molecule has 0 spiro atoms. The summed E-state index contributed by atoms with van der Waals surface area (Å²) < 4.78 is 0. The highest BCUT2D eigenvalue weighted by atomic mass is 32.2. The number of thioether (sulfide) groups is 1. The molecule has 2 N–H and O–H groups in total. The first-order valence-electron chi connectivity index (χ1n) is 5.30. The van der Waals surface area contributed by atoms with Crippen LogP contribution < -0.4 is 5.73 Å². The molecule has 0 saturated carbocycles. The second-order valence-electron chi connectivity index (χ2n) is 3.75. The van der Waals surface area contributed by atoms with Crippen molar-refractivity contribution in [1.29, 1.82) is 0 Å². The minimum absolute atomic E-state index is 0.742. The van der Waals surface area contributed by atoms with Gasteiger partial charge in [0.25, 0.3) is 0 Å². The molecule has 0 aromatic heterocycles. The van der Waals surface area contributed by atoms with Gasteiger partial charge in [0.05, 0.1) is 0 Å². The number of nitrogens with zero attached hydrogens (tertiary/aromatic N) is 1. The number of benzene rings is 1. The fourth-order valence-corrected chi connectivity index (χ4v) is 2.25. The average Bonchev–Trinajstić information content (AvgIpc) is 2.21. The van der Waals surface area contributed by atoms with Crippen molar-refractivity contribution in [3.8, 4) is 0 Å². The Morgan fingerprint density at radius 2 is 1.87 bits per heavy atom. The van der Waals surface area contributed by atoms with Gasteiger partial charge in [-0.1, -0.05) is 17.7 Å². The number of hydrogen-bond donors (Lipinski definition) is 1. The predicted molar refractivity (Wildman–Crippen MR) is 68.5 cm³/mol. The highest BCUT2D eigenvalue weighted by Gasteiger charge is 1.97. The van der Waals surface area contributed by atoms with Gasteiger partial charge in [-0.25, -0.2) is 0 Å². The number of likely N-dealkylation sites (N-methyl/N-ethyl adjacent to an activating group) is 1. The fourth-order valence-electron chi connectivity index (χ4n) is 1.29. The van der Waals surface area contributed by atoms with Gasteiger partial charge >= 0.3 is 0 Å². The summed E-state index contributed by atoms with van der Waals surface area (Å²) in [7, 11) is 2.11. The van der Waals surface area contributed by atoms with Crippen LogP contribution in [0.1, 0.15) is 5.56 Å². The number of aryl methyl sites for hydroxylation is 1. The Balaban J connectivity index is 2.22. The van der Waals surface area contributed by atoms with Crippen molar-refractivity contribution in [2.45, 2.75) is 11.8 Å². The summed E-state index contributed by atoms with van der Waals surface area (Å²) >= 11 is 1.90. The third-order valence-electron chi connectivity index (χ3n) is 2.27. The summed E-state index contributed by atoms with van der Waals surface area (Å²) in [6, 6.07) is 8.68. The molecule has 0 bridgehead atoms. The van der Waals surface area contributed by atoms with Crippen LogP contribution in [-0.4, -0.2) is 37.3 Å². The first-order valence-corrected chi connectivity index (χ1v) is 6.29. The van der Waals surface area contributed by atoms with Crippen molar-refractivity contribution >= 4 is 11.8 Å². The third kappa shape index (κ3) is 5.21. The molecule has 2 nitrogen and oxygen atoms in total. The molecule has 0 atom stereocenters. The largest absolute Gasteiger partial charge is 0.329 e. The molecule has 0 aliphatic heterocycles. The van der Waals surface area contributed by atoms with Crippen LogP contribution in [0.15, 0.2) is 29.2 Å². The van der Waals surface area contributed by atoms with E-state index in [1.807, 2.05) is 11.8 Å². The average molecular weight is 224 g/mol. The van der Waals surface area contributed by atoms with Crippen molar-refractivity contribution in [2.24, 2.45) is 5.73 Å². The molecule has 0 saturated heterocycles. The molecule has 0 aliphatic rings. The summed E-state index contributed by atoms with van der Waals surface area (Å²) in [5.74, 6) is 1.12. The first-order chi connectivity index (χ1) is 7.22. The maximum atomic E-state index is 5.48. The quantitative estimate of drug-likeness (QED) is 0.749. The third-order valence-corrected chi connectivity index (χ3v) is 3.27. The maximum Gasteiger partial charge on any atom is 0.0108 e.